The van der Waals surface area contributed by atoms with Gasteiger partial charge in [-0.05, 0) is 54.4 Å². The van der Waals surface area contributed by atoms with Gasteiger partial charge in [-0.1, -0.05) is 24.3 Å². The molecule has 32 heavy (non-hydrogen) atoms. The first kappa shape index (κ1) is 21.2. The van der Waals surface area contributed by atoms with Crippen molar-refractivity contribution in [2.75, 3.05) is 14.2 Å². The number of carbonyl (C=O) groups is 1. The molecule has 1 aromatic heterocycles. The van der Waals surface area contributed by atoms with Crippen molar-refractivity contribution in [3.8, 4) is 28.4 Å². The third-order valence-corrected chi connectivity index (χ3v) is 5.16. The van der Waals surface area contributed by atoms with E-state index in [1.165, 1.54) is 0 Å². The minimum atomic E-state index is -0.413. The van der Waals surface area contributed by atoms with Gasteiger partial charge < -0.3 is 18.6 Å². The van der Waals surface area contributed by atoms with Gasteiger partial charge in [-0.2, -0.15) is 0 Å². The molecule has 0 saturated heterocycles. The van der Waals surface area contributed by atoms with E-state index in [4.69, 9.17) is 18.6 Å². The summed E-state index contributed by atoms with van der Waals surface area (Å²) in [5.41, 5.74) is 2.26. The fraction of sp³-hybridized carbons (Fsp3) is 0.154. The highest BCUT2D eigenvalue weighted by atomic mass is 16.5. The van der Waals surface area contributed by atoms with E-state index < -0.39 is 5.97 Å². The Morgan fingerprint density at radius 1 is 0.844 bits per heavy atom. The molecule has 1 heterocycles. The second kappa shape index (κ2) is 8.98. The van der Waals surface area contributed by atoms with Crippen molar-refractivity contribution in [1.82, 2.24) is 0 Å². The van der Waals surface area contributed by atoms with E-state index in [0.29, 0.717) is 33.8 Å². The first-order valence-corrected chi connectivity index (χ1v) is 10.0. The monoisotopic (exact) mass is 430 g/mol. The van der Waals surface area contributed by atoms with Gasteiger partial charge in [0.1, 0.15) is 28.6 Å². The number of carbonyl (C=O) groups excluding carboxylic acids is 1. The first-order chi connectivity index (χ1) is 15.5. The number of aryl methyl sites for hydroxylation is 1. The zero-order valence-corrected chi connectivity index (χ0v) is 18.0. The van der Waals surface area contributed by atoms with Gasteiger partial charge in [0.15, 0.2) is 0 Å². The molecule has 0 spiro atoms. The van der Waals surface area contributed by atoms with Crippen LogP contribution in [0.4, 0.5) is 0 Å². The molecule has 0 aliphatic carbocycles. The topological polar surface area (TPSA) is 75.0 Å². The normalized spacial score (nSPS) is 10.7. The van der Waals surface area contributed by atoms with Crippen LogP contribution in [0.25, 0.3) is 22.1 Å². The predicted molar refractivity (Wildman–Crippen MR) is 122 cm³/mol. The van der Waals surface area contributed by atoms with Crippen LogP contribution in [0, 0.1) is 6.92 Å². The van der Waals surface area contributed by atoms with Crippen LogP contribution in [-0.4, -0.2) is 20.2 Å². The number of hydrogen-bond donors (Lipinski definition) is 0. The molecule has 0 N–H and O–H groups in total. The standard InChI is InChI=1S/C26H22O6/c1-16-25(18-6-10-20(30-3)11-7-18)26(28)22-13-12-21(15-23(22)31-16)32-24(27)14-17-4-8-19(29-2)9-5-17/h4-13,15H,14H2,1-3H3. The molecule has 4 rings (SSSR count). The van der Waals surface area contributed by atoms with Gasteiger partial charge in [-0.15, -0.1) is 0 Å². The summed E-state index contributed by atoms with van der Waals surface area (Å²) in [5, 5.41) is 0.413. The van der Waals surface area contributed by atoms with Gasteiger partial charge in [0.05, 0.1) is 31.6 Å². The Labute approximate surface area is 185 Å². The second-order valence-corrected chi connectivity index (χ2v) is 7.25. The van der Waals surface area contributed by atoms with Crippen LogP contribution in [0.15, 0.2) is 75.9 Å². The van der Waals surface area contributed by atoms with Crippen LogP contribution < -0.4 is 19.6 Å². The molecule has 0 unspecified atom stereocenters. The van der Waals surface area contributed by atoms with E-state index in [1.807, 2.05) is 24.3 Å². The molecular formula is C26H22O6. The number of hydrogen-bond acceptors (Lipinski definition) is 6. The Kier molecular flexibility index (Phi) is 5.94. The molecule has 0 aliphatic heterocycles. The maximum absolute atomic E-state index is 13.1. The van der Waals surface area contributed by atoms with Gasteiger partial charge in [0.2, 0.25) is 5.43 Å². The van der Waals surface area contributed by atoms with Gasteiger partial charge in [0.25, 0.3) is 0 Å². The quantitative estimate of drug-likeness (QED) is 0.319. The minimum absolute atomic E-state index is 0.113. The average molecular weight is 430 g/mol. The molecule has 0 saturated carbocycles. The van der Waals surface area contributed by atoms with Crippen molar-refractivity contribution in [2.24, 2.45) is 0 Å². The fourth-order valence-corrected chi connectivity index (χ4v) is 3.52. The lowest BCUT2D eigenvalue weighted by atomic mass is 10.0. The lowest BCUT2D eigenvalue weighted by molar-refractivity contribution is -0.133. The Balaban J connectivity index is 1.58. The SMILES string of the molecule is COc1ccc(CC(=O)Oc2ccc3c(=O)c(-c4ccc(OC)cc4)c(C)oc3c2)cc1. The smallest absolute Gasteiger partial charge is 0.315 e. The summed E-state index contributed by atoms with van der Waals surface area (Å²) < 4.78 is 21.7. The predicted octanol–water partition coefficient (Wildman–Crippen LogP) is 4.93. The van der Waals surface area contributed by atoms with E-state index in [0.717, 1.165) is 16.9 Å². The zero-order valence-electron chi connectivity index (χ0n) is 18.0. The van der Waals surface area contributed by atoms with Crippen LogP contribution in [-0.2, 0) is 11.2 Å². The maximum Gasteiger partial charge on any atom is 0.315 e. The Hall–Kier alpha value is -4.06. The van der Waals surface area contributed by atoms with Gasteiger partial charge in [-0.25, -0.2) is 0 Å². The van der Waals surface area contributed by atoms with Crippen molar-refractivity contribution < 1.29 is 23.4 Å². The lowest BCUT2D eigenvalue weighted by Gasteiger charge is -2.09. The Morgan fingerprint density at radius 3 is 2.06 bits per heavy atom. The van der Waals surface area contributed by atoms with E-state index in [-0.39, 0.29) is 11.8 Å². The van der Waals surface area contributed by atoms with Crippen molar-refractivity contribution in [3.05, 3.63) is 88.3 Å². The van der Waals surface area contributed by atoms with Crippen LogP contribution in [0.2, 0.25) is 0 Å². The highest BCUT2D eigenvalue weighted by Gasteiger charge is 2.15. The molecule has 6 nitrogen and oxygen atoms in total. The molecule has 0 fully saturated rings. The van der Waals surface area contributed by atoms with Crippen LogP contribution in [0.5, 0.6) is 17.2 Å². The molecule has 0 aliphatic rings. The molecule has 0 atom stereocenters. The van der Waals surface area contributed by atoms with Gasteiger partial charge >= 0.3 is 5.97 Å². The molecule has 0 amide bonds. The summed E-state index contributed by atoms with van der Waals surface area (Å²) in [6.07, 6.45) is 0.113. The van der Waals surface area contributed by atoms with Crippen molar-refractivity contribution >= 4 is 16.9 Å². The molecule has 3 aromatic carbocycles. The van der Waals surface area contributed by atoms with Crippen molar-refractivity contribution in [3.63, 3.8) is 0 Å². The van der Waals surface area contributed by atoms with Crippen molar-refractivity contribution in [2.45, 2.75) is 13.3 Å². The number of methoxy groups -OCH3 is 2. The van der Waals surface area contributed by atoms with E-state index >= 15 is 0 Å². The summed E-state index contributed by atoms with van der Waals surface area (Å²) in [4.78, 5) is 25.5. The lowest BCUT2D eigenvalue weighted by Crippen LogP contribution is -2.12. The highest BCUT2D eigenvalue weighted by Crippen LogP contribution is 2.27. The first-order valence-electron chi connectivity index (χ1n) is 10.0. The summed E-state index contributed by atoms with van der Waals surface area (Å²) in [6, 6.07) is 19.2. The minimum Gasteiger partial charge on any atom is -0.497 e. The maximum atomic E-state index is 13.1. The number of rotatable bonds is 6. The van der Waals surface area contributed by atoms with E-state index in [1.54, 1.807) is 63.6 Å². The average Bonchev–Trinajstić information content (AvgIpc) is 2.80. The third kappa shape index (κ3) is 4.34. The van der Waals surface area contributed by atoms with E-state index in [9.17, 15) is 9.59 Å². The molecular weight excluding hydrogens is 408 g/mol. The fourth-order valence-electron chi connectivity index (χ4n) is 3.52. The Morgan fingerprint density at radius 2 is 1.44 bits per heavy atom. The number of ether oxygens (including phenoxy) is 3. The number of benzene rings is 3. The molecule has 6 heteroatoms. The Bertz CT molecular complexity index is 1320. The molecule has 0 radical (unpaired) electrons. The van der Waals surface area contributed by atoms with Crippen LogP contribution in [0.3, 0.4) is 0 Å². The van der Waals surface area contributed by atoms with Crippen LogP contribution >= 0.6 is 0 Å². The second-order valence-electron chi connectivity index (χ2n) is 7.25. The highest BCUT2D eigenvalue weighted by molar-refractivity contribution is 5.85. The summed E-state index contributed by atoms with van der Waals surface area (Å²) in [7, 11) is 3.18. The number of fused-ring (bicyclic) bond motifs is 1. The molecule has 162 valence electrons. The zero-order chi connectivity index (χ0) is 22.7. The van der Waals surface area contributed by atoms with Gasteiger partial charge in [-0.3, -0.25) is 9.59 Å². The van der Waals surface area contributed by atoms with Crippen LogP contribution in [0.1, 0.15) is 11.3 Å². The largest absolute Gasteiger partial charge is 0.497 e. The third-order valence-electron chi connectivity index (χ3n) is 5.16. The summed E-state index contributed by atoms with van der Waals surface area (Å²) >= 11 is 0. The molecule has 0 bridgehead atoms. The summed E-state index contributed by atoms with van der Waals surface area (Å²) in [6.45, 7) is 1.74. The number of esters is 1. The van der Waals surface area contributed by atoms with Gasteiger partial charge in [0, 0.05) is 6.07 Å². The van der Waals surface area contributed by atoms with Crippen molar-refractivity contribution in [1.29, 1.82) is 0 Å². The molecule has 4 aromatic rings. The van der Waals surface area contributed by atoms with E-state index in [2.05, 4.69) is 0 Å². The summed E-state index contributed by atoms with van der Waals surface area (Å²) in [5.74, 6) is 1.81.